The first kappa shape index (κ1) is 15.6. The van der Waals surface area contributed by atoms with Crippen LogP contribution in [0.1, 0.15) is 45.2 Å². The molecule has 0 saturated carbocycles. The van der Waals surface area contributed by atoms with Crippen molar-refractivity contribution in [1.82, 2.24) is 14.8 Å². The molecule has 2 N–H and O–H groups in total. The van der Waals surface area contributed by atoms with Gasteiger partial charge in [0.15, 0.2) is 17.7 Å². The fourth-order valence-electron chi connectivity index (χ4n) is 3.41. The van der Waals surface area contributed by atoms with Crippen LogP contribution in [0.2, 0.25) is 0 Å². The number of hydrogen-bond acceptors (Lipinski definition) is 5. The highest BCUT2D eigenvalue weighted by Crippen LogP contribution is 2.29. The maximum Gasteiger partial charge on any atom is 0.276 e. The molecule has 4 rings (SSSR count). The summed E-state index contributed by atoms with van der Waals surface area (Å²) in [6, 6.07) is 1.42. The van der Waals surface area contributed by atoms with E-state index >= 15 is 0 Å². The van der Waals surface area contributed by atoms with E-state index in [-0.39, 0.29) is 13.0 Å². The number of hydrogen-bond donors (Lipinski definition) is 2. The molecule has 1 aromatic carbocycles. The first-order valence-corrected chi connectivity index (χ1v) is 8.97. The van der Waals surface area contributed by atoms with Crippen molar-refractivity contribution in [3.63, 3.8) is 0 Å². The van der Waals surface area contributed by atoms with Crippen molar-refractivity contribution in [2.45, 2.75) is 38.7 Å². The molecule has 2 aromatic rings. The minimum atomic E-state index is -2.86. The SMILES string of the molecule is [2H]C1([2H])C[C@@H](C)N2C(=O)c3c(O)c(=O)c(C(=O)NC([2H])([2H])c4ccc(F)cc4F)cn3C[C@@H]2O1. The third kappa shape index (κ3) is 3.32. The first-order chi connectivity index (χ1) is 15.7. The second-order valence-corrected chi connectivity index (χ2v) is 6.91. The van der Waals surface area contributed by atoms with Gasteiger partial charge in [0.25, 0.3) is 11.8 Å². The predicted molar refractivity (Wildman–Crippen MR) is 99.9 cm³/mol. The maximum atomic E-state index is 14.0. The number of aromatic hydroxyl groups is 1. The van der Waals surface area contributed by atoms with Gasteiger partial charge in [-0.15, -0.1) is 0 Å². The molecule has 2 aliphatic rings. The Balaban J connectivity index is 1.70. The third-order valence-electron chi connectivity index (χ3n) is 4.92. The van der Waals surface area contributed by atoms with E-state index in [1.807, 2.05) is 5.32 Å². The normalized spacial score (nSPS) is 24.6. The largest absolute Gasteiger partial charge is 0.503 e. The summed E-state index contributed by atoms with van der Waals surface area (Å²) in [7, 11) is 0. The number of halogens is 2. The van der Waals surface area contributed by atoms with Gasteiger partial charge in [-0.2, -0.15) is 0 Å². The Morgan fingerprint density at radius 1 is 1.43 bits per heavy atom. The molecular formula is C20H19F2N3O5. The zero-order valence-electron chi connectivity index (χ0n) is 19.6. The zero-order valence-corrected chi connectivity index (χ0v) is 15.6. The standard InChI is InChI=1S/C20H19F2N3O5/c1-10-4-5-30-15-9-24-8-13(17(26)18(27)16(24)20(29)25(10)15)19(28)23-7-11-2-3-12(21)6-14(11)22/h2-3,6,8,10,15,27H,4-5,7,9H2,1H3,(H,23,28)/t10-,15+/m1/s1/i5D2,7D2. The Kier molecular flexibility index (Phi) is 3.90. The smallest absolute Gasteiger partial charge is 0.276 e. The second kappa shape index (κ2) is 7.52. The molecule has 2 aliphatic heterocycles. The molecule has 1 aromatic heterocycles. The average molecular weight is 423 g/mol. The van der Waals surface area contributed by atoms with Gasteiger partial charge in [-0.1, -0.05) is 6.07 Å². The van der Waals surface area contributed by atoms with Crippen molar-refractivity contribution in [3.05, 3.63) is 63.1 Å². The summed E-state index contributed by atoms with van der Waals surface area (Å²) in [4.78, 5) is 39.6. The molecule has 0 unspecified atom stereocenters. The lowest BCUT2D eigenvalue weighted by Gasteiger charge is -2.44. The highest BCUT2D eigenvalue weighted by atomic mass is 19.1. The lowest BCUT2D eigenvalue weighted by molar-refractivity contribution is -0.112. The van der Waals surface area contributed by atoms with E-state index in [2.05, 4.69) is 0 Å². The lowest BCUT2D eigenvalue weighted by atomic mass is 10.1. The highest BCUT2D eigenvalue weighted by molar-refractivity contribution is 5.99. The van der Waals surface area contributed by atoms with E-state index in [0.29, 0.717) is 6.07 Å². The Morgan fingerprint density at radius 3 is 2.93 bits per heavy atom. The van der Waals surface area contributed by atoms with Gasteiger partial charge in [-0.25, -0.2) is 8.78 Å². The van der Waals surface area contributed by atoms with Crippen LogP contribution in [0.15, 0.2) is 29.2 Å². The molecule has 158 valence electrons. The van der Waals surface area contributed by atoms with Crippen molar-refractivity contribution < 1.29 is 33.7 Å². The van der Waals surface area contributed by atoms with E-state index < -0.39 is 76.8 Å². The molecular weight excluding hydrogens is 400 g/mol. The molecule has 2 amide bonds. The van der Waals surface area contributed by atoms with E-state index in [1.54, 1.807) is 6.92 Å². The minimum Gasteiger partial charge on any atom is -0.503 e. The third-order valence-corrected chi connectivity index (χ3v) is 4.92. The molecule has 1 fully saturated rings. The lowest BCUT2D eigenvalue weighted by Crippen LogP contribution is -2.57. The van der Waals surface area contributed by atoms with Crippen LogP contribution in [0.3, 0.4) is 0 Å². The Bertz CT molecular complexity index is 1270. The van der Waals surface area contributed by atoms with Crippen LogP contribution in [-0.2, 0) is 17.8 Å². The summed E-state index contributed by atoms with van der Waals surface area (Å²) in [6.07, 6.45) is -0.302. The fourth-order valence-corrected chi connectivity index (χ4v) is 3.41. The van der Waals surface area contributed by atoms with Gasteiger partial charge in [0.05, 0.1) is 18.6 Å². The summed E-state index contributed by atoms with van der Waals surface area (Å²) in [5.41, 5.74) is -3.13. The molecule has 30 heavy (non-hydrogen) atoms. The monoisotopic (exact) mass is 423 g/mol. The summed E-state index contributed by atoms with van der Waals surface area (Å²) in [5.74, 6) is -5.40. The summed E-state index contributed by atoms with van der Waals surface area (Å²) in [6.45, 7) is -3.52. The van der Waals surface area contributed by atoms with Crippen LogP contribution < -0.4 is 10.7 Å². The van der Waals surface area contributed by atoms with Crippen molar-refractivity contribution in [2.75, 3.05) is 6.56 Å². The number of aromatic nitrogens is 1. The van der Waals surface area contributed by atoms with Gasteiger partial charge < -0.3 is 24.6 Å². The van der Waals surface area contributed by atoms with Gasteiger partial charge in [0, 0.05) is 30.4 Å². The summed E-state index contributed by atoms with van der Waals surface area (Å²) >= 11 is 0. The number of amides is 2. The van der Waals surface area contributed by atoms with Gasteiger partial charge in [0.1, 0.15) is 17.2 Å². The van der Waals surface area contributed by atoms with Crippen LogP contribution in [0.5, 0.6) is 5.75 Å². The topological polar surface area (TPSA) is 101 Å². The molecule has 0 bridgehead atoms. The number of carbonyl (C=O) groups excluding carboxylic acids is 2. The molecule has 0 aliphatic carbocycles. The predicted octanol–water partition coefficient (Wildman–Crippen LogP) is 1.35. The van der Waals surface area contributed by atoms with Crippen LogP contribution in [0.25, 0.3) is 0 Å². The molecule has 8 nitrogen and oxygen atoms in total. The molecule has 3 heterocycles. The van der Waals surface area contributed by atoms with Gasteiger partial charge >= 0.3 is 0 Å². The number of pyridine rings is 1. The van der Waals surface area contributed by atoms with Crippen LogP contribution in [0, 0.1) is 11.6 Å². The number of benzene rings is 1. The van der Waals surface area contributed by atoms with Gasteiger partial charge in [0.2, 0.25) is 5.43 Å². The van der Waals surface area contributed by atoms with Crippen LogP contribution in [0.4, 0.5) is 8.78 Å². The van der Waals surface area contributed by atoms with E-state index in [1.165, 1.54) is 4.90 Å². The first-order valence-electron chi connectivity index (χ1n) is 11.0. The number of nitrogens with one attached hydrogen (secondary N) is 1. The maximum absolute atomic E-state index is 14.0. The van der Waals surface area contributed by atoms with Crippen molar-refractivity contribution in [2.24, 2.45) is 0 Å². The minimum absolute atomic E-state index is 0.129. The summed E-state index contributed by atoms with van der Waals surface area (Å²) in [5, 5.41) is 12.3. The number of ether oxygens (including phenoxy) is 1. The zero-order chi connectivity index (χ0) is 25.2. The molecule has 1 saturated heterocycles. The van der Waals surface area contributed by atoms with Crippen molar-refractivity contribution in [1.29, 1.82) is 0 Å². The number of nitrogens with zero attached hydrogens (tertiary/aromatic N) is 2. The average Bonchev–Trinajstić information content (AvgIpc) is 2.68. The van der Waals surface area contributed by atoms with Crippen LogP contribution in [-0.4, -0.2) is 45.2 Å². The van der Waals surface area contributed by atoms with E-state index in [0.717, 1.165) is 22.9 Å². The number of carbonyl (C=O) groups is 2. The number of fused-ring (bicyclic) bond motifs is 2. The number of rotatable bonds is 3. The molecule has 10 heteroatoms. The summed E-state index contributed by atoms with van der Waals surface area (Å²) < 4.78 is 65.2. The molecule has 0 radical (unpaired) electrons. The Hall–Kier alpha value is -3.27. The van der Waals surface area contributed by atoms with Crippen molar-refractivity contribution >= 4 is 11.8 Å². The Labute approximate surface area is 175 Å². The fraction of sp³-hybridized carbons (Fsp3) is 0.350. The molecule has 0 spiro atoms. The van der Waals surface area contributed by atoms with Gasteiger partial charge in [-0.05, 0) is 19.4 Å². The van der Waals surface area contributed by atoms with Crippen molar-refractivity contribution in [3.8, 4) is 5.75 Å². The van der Waals surface area contributed by atoms with Crippen LogP contribution >= 0.6 is 0 Å². The van der Waals surface area contributed by atoms with Gasteiger partial charge in [-0.3, -0.25) is 14.4 Å². The second-order valence-electron chi connectivity index (χ2n) is 6.91. The van der Waals surface area contributed by atoms with E-state index in [4.69, 9.17) is 10.2 Å². The quantitative estimate of drug-likeness (QED) is 0.776. The Morgan fingerprint density at radius 2 is 2.20 bits per heavy atom. The molecule has 2 atom stereocenters. The van der Waals surface area contributed by atoms with E-state index in [9.17, 15) is 28.3 Å². The highest BCUT2D eigenvalue weighted by Gasteiger charge is 2.41.